The largest absolute Gasteiger partial charge is 0.345 e. The van der Waals surface area contributed by atoms with Crippen LogP contribution in [0.1, 0.15) is 28.4 Å². The third-order valence-electron chi connectivity index (χ3n) is 4.15. The zero-order valence-electron chi connectivity index (χ0n) is 14.9. The first-order valence-corrected chi connectivity index (χ1v) is 9.86. The summed E-state index contributed by atoms with van der Waals surface area (Å²) in [5, 5.41) is 18.2. The number of carbonyl (C=O) groups excluding carboxylic acids is 2. The zero-order valence-corrected chi connectivity index (χ0v) is 16.5. The van der Waals surface area contributed by atoms with Crippen LogP contribution in [0.25, 0.3) is 4.96 Å². The molecule has 4 rings (SSSR count). The summed E-state index contributed by atoms with van der Waals surface area (Å²) in [6.07, 6.45) is 1.48. The van der Waals surface area contributed by atoms with E-state index in [4.69, 9.17) is 11.6 Å². The number of fused-ring (bicyclic) bond motifs is 1. The van der Waals surface area contributed by atoms with Gasteiger partial charge in [-0.25, -0.2) is 0 Å². The van der Waals surface area contributed by atoms with Crippen LogP contribution in [-0.4, -0.2) is 31.6 Å². The zero-order chi connectivity index (χ0) is 20.2. The van der Waals surface area contributed by atoms with Gasteiger partial charge >= 0.3 is 0 Å². The van der Waals surface area contributed by atoms with Crippen LogP contribution < -0.4 is 10.6 Å². The van der Waals surface area contributed by atoms with Gasteiger partial charge in [-0.3, -0.25) is 9.59 Å². The Morgan fingerprint density at radius 1 is 1.10 bits per heavy atom. The van der Waals surface area contributed by atoms with Gasteiger partial charge in [0.25, 0.3) is 5.91 Å². The first kappa shape index (κ1) is 19.0. The number of anilines is 1. The second kappa shape index (κ2) is 8.38. The van der Waals surface area contributed by atoms with Gasteiger partial charge in [-0.1, -0.05) is 65.4 Å². The predicted molar refractivity (Wildman–Crippen MR) is 110 cm³/mol. The molecule has 10 heteroatoms. The van der Waals surface area contributed by atoms with E-state index in [1.54, 1.807) is 24.3 Å². The monoisotopic (exact) mass is 426 g/mol. The number of aromatic nitrogens is 4. The van der Waals surface area contributed by atoms with E-state index in [1.165, 1.54) is 22.2 Å². The summed E-state index contributed by atoms with van der Waals surface area (Å²) in [6, 6.07) is 15.5. The Bertz CT molecular complexity index is 1130. The molecule has 0 saturated heterocycles. The van der Waals surface area contributed by atoms with Crippen molar-refractivity contribution in [3.63, 3.8) is 0 Å². The van der Waals surface area contributed by atoms with Crippen LogP contribution in [0.5, 0.6) is 0 Å². The van der Waals surface area contributed by atoms with Crippen LogP contribution in [0.4, 0.5) is 5.13 Å². The highest BCUT2D eigenvalue weighted by molar-refractivity contribution is 7.20. The van der Waals surface area contributed by atoms with Crippen molar-refractivity contribution in [1.29, 1.82) is 0 Å². The Morgan fingerprint density at radius 2 is 1.86 bits per heavy atom. The molecule has 0 fully saturated rings. The summed E-state index contributed by atoms with van der Waals surface area (Å²) in [4.78, 5) is 25.9. The van der Waals surface area contributed by atoms with Crippen molar-refractivity contribution >= 4 is 44.8 Å². The SMILES string of the molecule is O=C(CC(NC(=O)c1ccccc1Cl)c1ccccc1)Nc1nn2cnnc2s1. The predicted octanol–water partition coefficient (Wildman–Crippen LogP) is 3.34. The van der Waals surface area contributed by atoms with Crippen LogP contribution >= 0.6 is 22.9 Å². The highest BCUT2D eigenvalue weighted by atomic mass is 35.5. The van der Waals surface area contributed by atoms with Crippen LogP contribution in [0.3, 0.4) is 0 Å². The molecule has 0 aliphatic rings. The van der Waals surface area contributed by atoms with Gasteiger partial charge in [-0.15, -0.1) is 15.3 Å². The molecule has 1 unspecified atom stereocenters. The molecule has 0 aliphatic heterocycles. The third kappa shape index (κ3) is 4.41. The normalized spacial score (nSPS) is 11.9. The molecule has 0 radical (unpaired) electrons. The molecule has 2 aromatic carbocycles. The van der Waals surface area contributed by atoms with Gasteiger partial charge in [-0.05, 0) is 17.7 Å². The molecule has 2 heterocycles. The lowest BCUT2D eigenvalue weighted by Crippen LogP contribution is -2.31. The first-order valence-electron chi connectivity index (χ1n) is 8.67. The smallest absolute Gasteiger partial charge is 0.253 e. The van der Waals surface area contributed by atoms with Crippen LogP contribution in [-0.2, 0) is 4.79 Å². The molecule has 0 spiro atoms. The molecule has 29 heavy (non-hydrogen) atoms. The standard InChI is InChI=1S/C19H15ClN6O2S/c20-14-9-5-4-8-13(14)17(28)22-15(12-6-2-1-3-7-12)10-16(27)23-18-25-26-11-21-24-19(26)29-18/h1-9,11,15H,10H2,(H,22,28)(H,23,25,27). The van der Waals surface area contributed by atoms with E-state index >= 15 is 0 Å². The summed E-state index contributed by atoms with van der Waals surface area (Å²) in [6.45, 7) is 0. The topological polar surface area (TPSA) is 101 Å². The fraction of sp³-hybridized carbons (Fsp3) is 0.105. The van der Waals surface area contributed by atoms with Gasteiger partial charge in [0.1, 0.15) is 6.33 Å². The maximum absolute atomic E-state index is 12.7. The number of benzene rings is 2. The number of hydrogen-bond donors (Lipinski definition) is 2. The van der Waals surface area contributed by atoms with E-state index in [9.17, 15) is 9.59 Å². The summed E-state index contributed by atoms with van der Waals surface area (Å²) in [7, 11) is 0. The third-order valence-corrected chi connectivity index (χ3v) is 5.31. The lowest BCUT2D eigenvalue weighted by Gasteiger charge is -2.19. The van der Waals surface area contributed by atoms with Crippen LogP contribution in [0, 0.1) is 0 Å². The first-order chi connectivity index (χ1) is 14.1. The fourth-order valence-corrected chi connectivity index (χ4v) is 3.74. The van der Waals surface area contributed by atoms with Crippen molar-refractivity contribution < 1.29 is 9.59 Å². The molecule has 2 N–H and O–H groups in total. The maximum atomic E-state index is 12.7. The molecular formula is C19H15ClN6O2S. The van der Waals surface area contributed by atoms with Gasteiger partial charge in [0, 0.05) is 0 Å². The summed E-state index contributed by atoms with van der Waals surface area (Å²) in [5.74, 6) is -0.640. The van der Waals surface area contributed by atoms with Gasteiger partial charge in [0.05, 0.1) is 23.0 Å². The van der Waals surface area contributed by atoms with E-state index in [2.05, 4.69) is 25.9 Å². The lowest BCUT2D eigenvalue weighted by atomic mass is 10.0. The number of carbonyl (C=O) groups is 2. The Hall–Kier alpha value is -3.30. The highest BCUT2D eigenvalue weighted by Gasteiger charge is 2.21. The minimum atomic E-state index is -0.536. The fourth-order valence-electron chi connectivity index (χ4n) is 2.78. The number of hydrogen-bond acceptors (Lipinski definition) is 6. The van der Waals surface area contributed by atoms with Crippen molar-refractivity contribution in [1.82, 2.24) is 25.1 Å². The molecule has 2 amide bonds. The van der Waals surface area contributed by atoms with Gasteiger partial charge < -0.3 is 10.6 Å². The van der Waals surface area contributed by atoms with Crippen molar-refractivity contribution in [2.75, 3.05) is 5.32 Å². The average Bonchev–Trinajstić information content (AvgIpc) is 3.30. The second-order valence-electron chi connectivity index (χ2n) is 6.13. The highest BCUT2D eigenvalue weighted by Crippen LogP contribution is 2.22. The quantitative estimate of drug-likeness (QED) is 0.492. The minimum Gasteiger partial charge on any atom is -0.345 e. The summed E-state index contributed by atoms with van der Waals surface area (Å²) in [5.41, 5.74) is 1.16. The molecule has 146 valence electrons. The van der Waals surface area contributed by atoms with Crippen molar-refractivity contribution in [2.24, 2.45) is 0 Å². The van der Waals surface area contributed by atoms with Gasteiger partial charge in [0.2, 0.25) is 16.0 Å². The summed E-state index contributed by atoms with van der Waals surface area (Å²) >= 11 is 7.34. The lowest BCUT2D eigenvalue weighted by molar-refractivity contribution is -0.116. The Balaban J connectivity index is 1.51. The molecule has 0 bridgehead atoms. The molecule has 0 aliphatic carbocycles. The average molecular weight is 427 g/mol. The van der Waals surface area contributed by atoms with Gasteiger partial charge in [0.15, 0.2) is 0 Å². The molecule has 0 saturated carbocycles. The molecule has 8 nitrogen and oxygen atoms in total. The van der Waals surface area contributed by atoms with Crippen molar-refractivity contribution in [2.45, 2.75) is 12.5 Å². The number of rotatable bonds is 6. The Labute approximate surface area is 174 Å². The number of halogens is 1. The molecular weight excluding hydrogens is 412 g/mol. The van der Waals surface area contributed by atoms with Gasteiger partial charge in [-0.2, -0.15) is 4.52 Å². The summed E-state index contributed by atoms with van der Waals surface area (Å²) < 4.78 is 1.48. The Kier molecular flexibility index (Phi) is 5.50. The van der Waals surface area contributed by atoms with E-state index in [0.717, 1.165) is 5.56 Å². The van der Waals surface area contributed by atoms with E-state index in [0.29, 0.717) is 20.7 Å². The van der Waals surface area contributed by atoms with Crippen LogP contribution in [0.15, 0.2) is 60.9 Å². The number of nitrogens with one attached hydrogen (secondary N) is 2. The Morgan fingerprint density at radius 3 is 2.62 bits per heavy atom. The second-order valence-corrected chi connectivity index (χ2v) is 7.50. The number of nitrogens with zero attached hydrogens (tertiary/aromatic N) is 4. The number of amides is 2. The molecule has 2 aromatic heterocycles. The van der Waals surface area contributed by atoms with E-state index in [1.807, 2.05) is 30.3 Å². The van der Waals surface area contributed by atoms with E-state index < -0.39 is 6.04 Å². The van der Waals surface area contributed by atoms with Crippen LogP contribution in [0.2, 0.25) is 5.02 Å². The van der Waals surface area contributed by atoms with E-state index in [-0.39, 0.29) is 18.2 Å². The maximum Gasteiger partial charge on any atom is 0.253 e. The molecule has 1 atom stereocenters. The molecule has 4 aromatic rings. The van der Waals surface area contributed by atoms with Crippen molar-refractivity contribution in [3.05, 3.63) is 77.1 Å². The van der Waals surface area contributed by atoms with Crippen molar-refractivity contribution in [3.8, 4) is 0 Å². The minimum absolute atomic E-state index is 0.0281.